The predicted octanol–water partition coefficient (Wildman–Crippen LogP) is 1.53. The summed E-state index contributed by atoms with van der Waals surface area (Å²) in [5.74, 6) is 0.234. The minimum atomic E-state index is -3.65. The zero-order valence-corrected chi connectivity index (χ0v) is 15.7. The fourth-order valence-corrected chi connectivity index (χ4v) is 4.33. The number of nitrogens with one attached hydrogen (secondary N) is 1. The van der Waals surface area contributed by atoms with Gasteiger partial charge < -0.3 is 4.42 Å². The van der Waals surface area contributed by atoms with Crippen LogP contribution in [0.15, 0.2) is 32.3 Å². The van der Waals surface area contributed by atoms with Crippen molar-refractivity contribution in [3.05, 3.63) is 28.7 Å². The maximum Gasteiger partial charge on any atom is 0.419 e. The molecule has 1 unspecified atom stereocenters. The van der Waals surface area contributed by atoms with Crippen molar-refractivity contribution in [1.82, 2.24) is 14.2 Å². The maximum atomic E-state index is 12.6. The van der Waals surface area contributed by atoms with Gasteiger partial charge in [0.25, 0.3) is 0 Å². The first kappa shape index (κ1) is 18.2. The molecular formula is C17H25N3O4S. The second-order valence-corrected chi connectivity index (χ2v) is 8.74. The van der Waals surface area contributed by atoms with E-state index >= 15 is 0 Å². The molecule has 0 saturated carbocycles. The number of oxazole rings is 1. The fourth-order valence-electron chi connectivity index (χ4n) is 3.19. The summed E-state index contributed by atoms with van der Waals surface area (Å²) in [6, 6.07) is 4.62. The lowest BCUT2D eigenvalue weighted by molar-refractivity contribution is 0.148. The third-order valence-corrected chi connectivity index (χ3v) is 6.51. The van der Waals surface area contributed by atoms with Gasteiger partial charge in [-0.3, -0.25) is 9.47 Å². The lowest BCUT2D eigenvalue weighted by Gasteiger charge is -2.34. The largest absolute Gasteiger partial charge is 0.419 e. The molecule has 2 heterocycles. The van der Waals surface area contributed by atoms with E-state index in [-0.39, 0.29) is 16.5 Å². The van der Waals surface area contributed by atoms with Crippen LogP contribution in [0, 0.1) is 5.92 Å². The minimum absolute atomic E-state index is 0.105. The number of hydrogen-bond acceptors (Lipinski definition) is 5. The second kappa shape index (κ2) is 6.93. The molecule has 0 radical (unpaired) electrons. The van der Waals surface area contributed by atoms with Crippen LogP contribution in [-0.4, -0.2) is 43.6 Å². The molecule has 8 heteroatoms. The van der Waals surface area contributed by atoms with Gasteiger partial charge in [0.15, 0.2) is 5.58 Å². The molecule has 138 valence electrons. The molecule has 1 N–H and O–H groups in total. The molecule has 1 atom stereocenters. The Labute approximate surface area is 147 Å². The minimum Gasteiger partial charge on any atom is -0.408 e. The summed E-state index contributed by atoms with van der Waals surface area (Å²) in [5, 5.41) is 0. The first-order valence-electron chi connectivity index (χ1n) is 8.61. The van der Waals surface area contributed by atoms with Crippen LogP contribution in [0.5, 0.6) is 0 Å². The van der Waals surface area contributed by atoms with E-state index in [4.69, 9.17) is 4.42 Å². The van der Waals surface area contributed by atoms with Crippen LogP contribution in [0.3, 0.4) is 0 Å². The van der Waals surface area contributed by atoms with Crippen LogP contribution >= 0.6 is 0 Å². The Hall–Kier alpha value is -1.64. The van der Waals surface area contributed by atoms with Crippen molar-refractivity contribution >= 4 is 21.1 Å². The van der Waals surface area contributed by atoms with Crippen LogP contribution < -0.4 is 10.5 Å². The summed E-state index contributed by atoms with van der Waals surface area (Å²) in [6.45, 7) is 6.66. The molecule has 1 aromatic heterocycles. The quantitative estimate of drug-likeness (QED) is 0.866. The topological polar surface area (TPSA) is 84.6 Å². The molecule has 0 bridgehead atoms. The number of likely N-dealkylation sites (tertiary alicyclic amines) is 1. The van der Waals surface area contributed by atoms with Gasteiger partial charge in [-0.05, 0) is 50.9 Å². The third kappa shape index (κ3) is 3.80. The van der Waals surface area contributed by atoms with Crippen molar-refractivity contribution in [2.24, 2.45) is 13.0 Å². The van der Waals surface area contributed by atoms with Gasteiger partial charge in [-0.2, -0.15) is 0 Å². The van der Waals surface area contributed by atoms with E-state index < -0.39 is 15.8 Å². The molecule has 7 nitrogen and oxygen atoms in total. The van der Waals surface area contributed by atoms with Crippen molar-refractivity contribution in [2.75, 3.05) is 19.6 Å². The molecule has 1 fully saturated rings. The van der Waals surface area contributed by atoms with Crippen LogP contribution in [0.4, 0.5) is 0 Å². The molecule has 25 heavy (non-hydrogen) atoms. The lowest BCUT2D eigenvalue weighted by Crippen LogP contribution is -2.45. The molecule has 0 spiro atoms. The van der Waals surface area contributed by atoms with E-state index in [2.05, 4.69) is 16.5 Å². The summed E-state index contributed by atoms with van der Waals surface area (Å²) in [5.41, 5.74) is 0.841. The van der Waals surface area contributed by atoms with Crippen LogP contribution in [-0.2, 0) is 17.1 Å². The van der Waals surface area contributed by atoms with Gasteiger partial charge in [0.05, 0.1) is 10.4 Å². The Balaban J connectivity index is 1.70. The summed E-state index contributed by atoms with van der Waals surface area (Å²) < 4.78 is 34.2. The summed E-state index contributed by atoms with van der Waals surface area (Å²) >= 11 is 0. The number of nitrogens with zero attached hydrogens (tertiary/aromatic N) is 2. The van der Waals surface area contributed by atoms with Crippen LogP contribution in [0.25, 0.3) is 11.1 Å². The number of aromatic nitrogens is 1. The molecular weight excluding hydrogens is 342 g/mol. The average molecular weight is 367 g/mol. The van der Waals surface area contributed by atoms with Gasteiger partial charge >= 0.3 is 5.76 Å². The van der Waals surface area contributed by atoms with Crippen molar-refractivity contribution < 1.29 is 12.8 Å². The Kier molecular flexibility index (Phi) is 5.04. The molecule has 0 amide bonds. The predicted molar refractivity (Wildman–Crippen MR) is 96.1 cm³/mol. The van der Waals surface area contributed by atoms with Gasteiger partial charge in [0.1, 0.15) is 0 Å². The SMILES string of the molecule is CC1CCN(C(C)CNS(=O)(=O)c2ccc3c(c2)oc(=O)n3C)CC1. The highest BCUT2D eigenvalue weighted by atomic mass is 32.2. The van der Waals surface area contributed by atoms with Crippen molar-refractivity contribution in [3.8, 4) is 0 Å². The van der Waals surface area contributed by atoms with Crippen molar-refractivity contribution in [2.45, 2.75) is 37.6 Å². The fraction of sp³-hybridized carbons (Fsp3) is 0.588. The number of sulfonamides is 1. The Morgan fingerprint density at radius 1 is 1.32 bits per heavy atom. The first-order valence-corrected chi connectivity index (χ1v) is 10.1. The number of hydrogen-bond donors (Lipinski definition) is 1. The summed E-state index contributed by atoms with van der Waals surface area (Å²) in [6.07, 6.45) is 2.31. The Morgan fingerprint density at radius 3 is 2.68 bits per heavy atom. The third-order valence-electron chi connectivity index (χ3n) is 5.08. The number of aryl methyl sites for hydroxylation is 1. The molecule has 3 rings (SSSR count). The molecule has 1 aromatic carbocycles. The smallest absolute Gasteiger partial charge is 0.408 e. The van der Waals surface area contributed by atoms with Crippen molar-refractivity contribution in [3.63, 3.8) is 0 Å². The molecule has 2 aromatic rings. The van der Waals surface area contributed by atoms with E-state index in [9.17, 15) is 13.2 Å². The van der Waals surface area contributed by atoms with E-state index in [0.29, 0.717) is 12.1 Å². The summed E-state index contributed by atoms with van der Waals surface area (Å²) in [4.78, 5) is 14.0. The number of fused-ring (bicyclic) bond motifs is 1. The highest BCUT2D eigenvalue weighted by Crippen LogP contribution is 2.19. The Morgan fingerprint density at radius 2 is 2.00 bits per heavy atom. The highest BCUT2D eigenvalue weighted by Gasteiger charge is 2.23. The van der Waals surface area contributed by atoms with Gasteiger partial charge in [0, 0.05) is 25.7 Å². The maximum absolute atomic E-state index is 12.6. The average Bonchev–Trinajstić information content (AvgIpc) is 2.87. The van der Waals surface area contributed by atoms with E-state index in [1.807, 2.05) is 6.92 Å². The zero-order chi connectivity index (χ0) is 18.2. The van der Waals surface area contributed by atoms with Gasteiger partial charge in [-0.25, -0.2) is 17.9 Å². The van der Waals surface area contributed by atoms with Crippen LogP contribution in [0.2, 0.25) is 0 Å². The van der Waals surface area contributed by atoms with Gasteiger partial charge in [0.2, 0.25) is 10.0 Å². The normalized spacial score (nSPS) is 18.7. The first-order chi connectivity index (χ1) is 11.8. The lowest BCUT2D eigenvalue weighted by atomic mass is 9.98. The standard InChI is InChI=1S/C17H25N3O4S/c1-12-6-8-20(9-7-12)13(2)11-18-25(22,23)14-4-5-15-16(10-14)24-17(21)19(15)3/h4-5,10,12-13,18H,6-9,11H2,1-3H3. The summed E-state index contributed by atoms with van der Waals surface area (Å²) in [7, 11) is -2.06. The zero-order valence-electron chi connectivity index (χ0n) is 14.9. The van der Waals surface area contributed by atoms with Crippen molar-refractivity contribution in [1.29, 1.82) is 0 Å². The molecule has 0 aliphatic carbocycles. The molecule has 1 saturated heterocycles. The van der Waals surface area contributed by atoms with Crippen LogP contribution in [0.1, 0.15) is 26.7 Å². The number of rotatable bonds is 5. The number of benzene rings is 1. The van der Waals surface area contributed by atoms with E-state index in [0.717, 1.165) is 31.8 Å². The van der Waals surface area contributed by atoms with E-state index in [1.54, 1.807) is 13.1 Å². The highest BCUT2D eigenvalue weighted by molar-refractivity contribution is 7.89. The van der Waals surface area contributed by atoms with Gasteiger partial charge in [-0.15, -0.1) is 0 Å². The number of piperidine rings is 1. The van der Waals surface area contributed by atoms with E-state index in [1.165, 1.54) is 16.7 Å². The molecule has 1 aliphatic heterocycles. The monoisotopic (exact) mass is 367 g/mol. The Bertz CT molecular complexity index is 908. The second-order valence-electron chi connectivity index (χ2n) is 6.98. The molecule has 1 aliphatic rings. The van der Waals surface area contributed by atoms with Gasteiger partial charge in [-0.1, -0.05) is 6.92 Å².